The molecule has 2 heterocycles. The van der Waals surface area contributed by atoms with E-state index in [4.69, 9.17) is 28.4 Å². The number of benzene rings is 2. The number of allylic oxidation sites excluding steroid dienone is 1. The molecular formula is C34H40N2O7. The van der Waals surface area contributed by atoms with E-state index >= 15 is 0 Å². The van der Waals surface area contributed by atoms with Crippen LogP contribution in [0.2, 0.25) is 0 Å². The Hall–Kier alpha value is -4.24. The van der Waals surface area contributed by atoms with Crippen molar-refractivity contribution in [2.24, 2.45) is 11.3 Å². The maximum atomic E-state index is 13.5. The number of methoxy groups -OCH3 is 6. The van der Waals surface area contributed by atoms with Gasteiger partial charge in [-0.3, -0.25) is 14.7 Å². The lowest BCUT2D eigenvalue weighted by molar-refractivity contribution is -0.120. The minimum atomic E-state index is -0.283. The number of pyridine rings is 1. The highest BCUT2D eigenvalue weighted by Gasteiger charge is 2.58. The molecule has 1 saturated heterocycles. The molecule has 5 rings (SSSR count). The average molecular weight is 589 g/mol. The summed E-state index contributed by atoms with van der Waals surface area (Å²) in [7, 11) is 9.55. The van der Waals surface area contributed by atoms with Crippen LogP contribution in [0, 0.1) is 11.3 Å². The van der Waals surface area contributed by atoms with Crippen LogP contribution in [-0.4, -0.2) is 71.4 Å². The monoisotopic (exact) mass is 588 g/mol. The third-order valence-electron chi connectivity index (χ3n) is 8.73. The molecule has 2 aliphatic rings. The van der Waals surface area contributed by atoms with E-state index in [0.29, 0.717) is 40.4 Å². The molecule has 0 N–H and O–H groups in total. The second-order valence-electron chi connectivity index (χ2n) is 11.0. The molecule has 3 aromatic rings. The lowest BCUT2D eigenvalue weighted by Gasteiger charge is -2.22. The zero-order valence-electron chi connectivity index (χ0n) is 25.8. The third-order valence-corrected chi connectivity index (χ3v) is 8.73. The predicted octanol–water partition coefficient (Wildman–Crippen LogP) is 5.68. The summed E-state index contributed by atoms with van der Waals surface area (Å²) < 4.78 is 33.0. The molecule has 0 radical (unpaired) electrons. The van der Waals surface area contributed by atoms with Crippen molar-refractivity contribution in [3.63, 3.8) is 0 Å². The average Bonchev–Trinajstić information content (AvgIpc) is 3.79. The summed E-state index contributed by atoms with van der Waals surface area (Å²) in [5, 5.41) is 0. The summed E-state index contributed by atoms with van der Waals surface area (Å²) >= 11 is 0. The topological polar surface area (TPSA) is 88.6 Å². The summed E-state index contributed by atoms with van der Waals surface area (Å²) in [5.74, 6) is 3.96. The minimum Gasteiger partial charge on any atom is -0.493 e. The molecule has 228 valence electrons. The summed E-state index contributed by atoms with van der Waals surface area (Å²) in [4.78, 5) is 20.6. The van der Waals surface area contributed by atoms with Gasteiger partial charge in [0.25, 0.3) is 0 Å². The number of ether oxygens (including phenoxy) is 6. The van der Waals surface area contributed by atoms with E-state index in [9.17, 15) is 4.79 Å². The molecule has 9 heteroatoms. The van der Waals surface area contributed by atoms with Crippen molar-refractivity contribution in [3.8, 4) is 45.8 Å². The number of aromatic nitrogens is 1. The molecule has 0 bridgehead atoms. The Morgan fingerprint density at radius 3 is 2.21 bits per heavy atom. The van der Waals surface area contributed by atoms with Crippen molar-refractivity contribution >= 4 is 11.9 Å². The molecule has 43 heavy (non-hydrogen) atoms. The van der Waals surface area contributed by atoms with Crippen LogP contribution in [-0.2, 0) is 11.3 Å². The van der Waals surface area contributed by atoms with Crippen LogP contribution in [0.1, 0.15) is 30.4 Å². The summed E-state index contributed by atoms with van der Waals surface area (Å²) in [5.41, 5.74) is 3.37. The van der Waals surface area contributed by atoms with Gasteiger partial charge in [0, 0.05) is 29.3 Å². The van der Waals surface area contributed by atoms with Crippen LogP contribution in [0.15, 0.2) is 48.7 Å². The van der Waals surface area contributed by atoms with Gasteiger partial charge >= 0.3 is 0 Å². The molecule has 2 fully saturated rings. The van der Waals surface area contributed by atoms with Crippen LogP contribution in [0.25, 0.3) is 17.3 Å². The maximum absolute atomic E-state index is 13.5. The molecule has 2 atom stereocenters. The number of rotatable bonds is 12. The van der Waals surface area contributed by atoms with Crippen LogP contribution in [0.4, 0.5) is 0 Å². The minimum absolute atomic E-state index is 0.185. The third kappa shape index (κ3) is 5.99. The first-order chi connectivity index (χ1) is 20.9. The predicted molar refractivity (Wildman–Crippen MR) is 165 cm³/mol. The number of carbonyl (C=O) groups is 1. The van der Waals surface area contributed by atoms with Gasteiger partial charge in [0.15, 0.2) is 28.8 Å². The lowest BCUT2D eigenvalue weighted by atomic mass is 9.92. The van der Waals surface area contributed by atoms with Gasteiger partial charge in [0.1, 0.15) is 0 Å². The molecule has 1 saturated carbocycles. The Balaban J connectivity index is 1.27. The van der Waals surface area contributed by atoms with E-state index in [0.717, 1.165) is 61.3 Å². The van der Waals surface area contributed by atoms with Crippen molar-refractivity contribution < 1.29 is 33.2 Å². The number of nitrogens with zero attached hydrogens (tertiary/aromatic N) is 2. The Kier molecular flexibility index (Phi) is 9.11. The van der Waals surface area contributed by atoms with E-state index in [1.54, 1.807) is 48.7 Å². The van der Waals surface area contributed by atoms with Gasteiger partial charge in [-0.15, -0.1) is 0 Å². The van der Waals surface area contributed by atoms with Crippen LogP contribution >= 0.6 is 0 Å². The van der Waals surface area contributed by atoms with Crippen molar-refractivity contribution in [1.29, 1.82) is 0 Å². The number of hydrogen-bond donors (Lipinski definition) is 0. The second-order valence-corrected chi connectivity index (χ2v) is 11.0. The second kappa shape index (κ2) is 13.0. The highest BCUT2D eigenvalue weighted by molar-refractivity contribution is 6.00. The maximum Gasteiger partial charge on any atom is 0.203 e. The first-order valence-electron chi connectivity index (χ1n) is 14.4. The normalized spacial score (nSPS) is 19.7. The Morgan fingerprint density at radius 1 is 0.860 bits per heavy atom. The summed E-state index contributed by atoms with van der Waals surface area (Å²) in [6, 6.07) is 11.7. The van der Waals surface area contributed by atoms with Gasteiger partial charge in [-0.2, -0.15) is 0 Å². The molecule has 1 aliphatic heterocycles. The standard InChI is InChI=1S/C34H40N2O7/c1-38-27-9-7-23(31(41-4)33(27)43-6)8-10-30(37)34-13-16-36(15-12-25(34)20-34)21-22-11-14-35-26(17-22)24-18-28(39-2)32(42-5)29(19-24)40-3/h7-11,14,17-19,25H,12-13,15-16,20-21H2,1-6H3/b10-8+. The molecule has 1 aromatic heterocycles. The molecule has 2 aromatic carbocycles. The zero-order chi connectivity index (χ0) is 30.6. The van der Waals surface area contributed by atoms with Gasteiger partial charge in [-0.25, -0.2) is 0 Å². The molecule has 9 nitrogen and oxygen atoms in total. The Labute approximate surface area is 253 Å². The van der Waals surface area contributed by atoms with E-state index < -0.39 is 0 Å². The van der Waals surface area contributed by atoms with Crippen LogP contribution < -0.4 is 28.4 Å². The van der Waals surface area contributed by atoms with Crippen molar-refractivity contribution in [2.45, 2.75) is 25.8 Å². The number of ketones is 1. The molecular weight excluding hydrogens is 548 g/mol. The SMILES string of the molecule is COc1cc(-c2cc(CN3CCC4CC4(C(=O)/C=C/c4ccc(OC)c(OC)c4OC)CC3)ccn2)cc(OC)c1OC. The van der Waals surface area contributed by atoms with E-state index in [2.05, 4.69) is 16.0 Å². The molecule has 2 unspecified atom stereocenters. The Morgan fingerprint density at radius 2 is 1.56 bits per heavy atom. The number of likely N-dealkylation sites (tertiary alicyclic amines) is 1. The highest BCUT2D eigenvalue weighted by Crippen LogP contribution is 2.59. The van der Waals surface area contributed by atoms with Gasteiger partial charge in [0.2, 0.25) is 11.5 Å². The molecule has 0 spiro atoms. The van der Waals surface area contributed by atoms with Crippen molar-refractivity contribution in [2.75, 3.05) is 55.7 Å². The first-order valence-corrected chi connectivity index (χ1v) is 14.4. The smallest absolute Gasteiger partial charge is 0.203 e. The van der Waals surface area contributed by atoms with Crippen LogP contribution in [0.5, 0.6) is 34.5 Å². The van der Waals surface area contributed by atoms with Gasteiger partial charge in [-0.05, 0) is 92.4 Å². The first kappa shape index (κ1) is 30.2. The number of fused-ring (bicyclic) bond motifs is 1. The fourth-order valence-corrected chi connectivity index (χ4v) is 6.26. The number of carbonyl (C=O) groups excluding carboxylic acids is 1. The number of hydrogen-bond acceptors (Lipinski definition) is 9. The van der Waals surface area contributed by atoms with E-state index in [1.165, 1.54) is 0 Å². The van der Waals surface area contributed by atoms with Gasteiger partial charge in [0.05, 0.1) is 48.4 Å². The lowest BCUT2D eigenvalue weighted by Crippen LogP contribution is -2.26. The van der Waals surface area contributed by atoms with Gasteiger partial charge in [-0.1, -0.05) is 0 Å². The molecule has 1 aliphatic carbocycles. The summed E-state index contributed by atoms with van der Waals surface area (Å²) in [6.07, 6.45) is 8.18. The quantitative estimate of drug-likeness (QED) is 0.248. The fraction of sp³-hybridized carbons (Fsp3) is 0.412. The van der Waals surface area contributed by atoms with Crippen LogP contribution in [0.3, 0.4) is 0 Å². The van der Waals surface area contributed by atoms with E-state index in [-0.39, 0.29) is 11.2 Å². The molecule has 0 amide bonds. The Bertz CT molecular complexity index is 1480. The zero-order valence-corrected chi connectivity index (χ0v) is 25.8. The van der Waals surface area contributed by atoms with Crippen molar-refractivity contribution in [1.82, 2.24) is 9.88 Å². The highest BCUT2D eigenvalue weighted by atomic mass is 16.5. The van der Waals surface area contributed by atoms with E-state index in [1.807, 2.05) is 42.6 Å². The fourth-order valence-electron chi connectivity index (χ4n) is 6.26. The summed E-state index contributed by atoms with van der Waals surface area (Å²) in [6.45, 7) is 2.60. The largest absolute Gasteiger partial charge is 0.493 e. The van der Waals surface area contributed by atoms with Crippen molar-refractivity contribution in [3.05, 3.63) is 59.8 Å². The van der Waals surface area contributed by atoms with Gasteiger partial charge < -0.3 is 28.4 Å².